The second kappa shape index (κ2) is 7.32. The molecular formula is C16H18FN3O2S. The number of amides is 2. The first-order valence-corrected chi connectivity index (χ1v) is 7.99. The summed E-state index contributed by atoms with van der Waals surface area (Å²) in [5.41, 5.74) is 1.33. The molecule has 2 rings (SSSR count). The van der Waals surface area contributed by atoms with Crippen LogP contribution in [0.2, 0.25) is 0 Å². The fourth-order valence-corrected chi connectivity index (χ4v) is 2.92. The van der Waals surface area contributed by atoms with Crippen LogP contribution >= 0.6 is 11.3 Å². The molecule has 0 radical (unpaired) electrons. The van der Waals surface area contributed by atoms with Crippen molar-refractivity contribution in [2.24, 2.45) is 0 Å². The molecule has 5 nitrogen and oxygen atoms in total. The van der Waals surface area contributed by atoms with Crippen LogP contribution in [0.25, 0.3) is 10.6 Å². The van der Waals surface area contributed by atoms with Gasteiger partial charge in [-0.25, -0.2) is 9.37 Å². The Labute approximate surface area is 137 Å². The van der Waals surface area contributed by atoms with Crippen molar-refractivity contribution in [1.82, 2.24) is 15.6 Å². The third kappa shape index (κ3) is 4.59. The van der Waals surface area contributed by atoms with Gasteiger partial charge in [-0.3, -0.25) is 9.59 Å². The van der Waals surface area contributed by atoms with Gasteiger partial charge in [-0.1, -0.05) is 0 Å². The number of halogens is 1. The highest BCUT2D eigenvalue weighted by molar-refractivity contribution is 7.17. The number of thiazole rings is 1. The third-order valence-electron chi connectivity index (χ3n) is 2.95. The molecule has 1 aromatic heterocycles. The molecule has 0 aliphatic carbocycles. The largest absolute Gasteiger partial charge is 0.352 e. The third-order valence-corrected chi connectivity index (χ3v) is 4.16. The summed E-state index contributed by atoms with van der Waals surface area (Å²) in [4.78, 5) is 28.5. The fraction of sp³-hybridized carbons (Fsp3) is 0.312. The maximum absolute atomic E-state index is 13.0. The van der Waals surface area contributed by atoms with Crippen molar-refractivity contribution in [1.29, 1.82) is 0 Å². The average molecular weight is 335 g/mol. The van der Waals surface area contributed by atoms with Crippen LogP contribution in [0.1, 0.15) is 29.2 Å². The van der Waals surface area contributed by atoms with E-state index < -0.39 is 0 Å². The average Bonchev–Trinajstić information content (AvgIpc) is 2.87. The van der Waals surface area contributed by atoms with Crippen molar-refractivity contribution >= 4 is 23.2 Å². The van der Waals surface area contributed by atoms with Gasteiger partial charge in [-0.05, 0) is 45.0 Å². The van der Waals surface area contributed by atoms with E-state index in [2.05, 4.69) is 15.6 Å². The molecule has 0 saturated heterocycles. The van der Waals surface area contributed by atoms with Crippen molar-refractivity contribution in [3.8, 4) is 10.6 Å². The number of benzene rings is 1. The van der Waals surface area contributed by atoms with E-state index in [9.17, 15) is 14.0 Å². The van der Waals surface area contributed by atoms with Gasteiger partial charge in [-0.2, -0.15) is 0 Å². The normalized spacial score (nSPS) is 10.7. The molecule has 0 atom stereocenters. The number of nitrogens with one attached hydrogen (secondary N) is 2. The molecule has 7 heteroatoms. The molecule has 0 spiro atoms. The predicted octanol–water partition coefficient (Wildman–Crippen LogP) is 2.51. The highest BCUT2D eigenvalue weighted by Crippen LogP contribution is 2.27. The Morgan fingerprint density at radius 2 is 1.91 bits per heavy atom. The summed E-state index contributed by atoms with van der Waals surface area (Å²) in [6.07, 6.45) is 0. The number of rotatable bonds is 5. The Hall–Kier alpha value is -2.28. The molecule has 0 aliphatic rings. The van der Waals surface area contributed by atoms with Crippen molar-refractivity contribution in [3.63, 3.8) is 0 Å². The Bertz CT molecular complexity index is 711. The number of nitrogens with zero attached hydrogens (tertiary/aromatic N) is 1. The monoisotopic (exact) mass is 335 g/mol. The Morgan fingerprint density at radius 3 is 2.52 bits per heavy atom. The smallest absolute Gasteiger partial charge is 0.263 e. The van der Waals surface area contributed by atoms with E-state index >= 15 is 0 Å². The van der Waals surface area contributed by atoms with Gasteiger partial charge in [0.25, 0.3) is 5.91 Å². The maximum atomic E-state index is 13.0. The maximum Gasteiger partial charge on any atom is 0.263 e. The van der Waals surface area contributed by atoms with E-state index in [0.29, 0.717) is 15.6 Å². The molecule has 0 fully saturated rings. The van der Waals surface area contributed by atoms with Gasteiger partial charge >= 0.3 is 0 Å². The highest BCUT2D eigenvalue weighted by atomic mass is 32.1. The first-order valence-electron chi connectivity index (χ1n) is 7.17. The van der Waals surface area contributed by atoms with E-state index in [1.54, 1.807) is 19.1 Å². The number of carbonyl (C=O) groups excluding carboxylic acids is 2. The molecule has 2 amide bonds. The lowest BCUT2D eigenvalue weighted by molar-refractivity contribution is -0.120. The minimum absolute atomic E-state index is 0.0228. The summed E-state index contributed by atoms with van der Waals surface area (Å²) in [7, 11) is 0. The Balaban J connectivity index is 2.07. The summed E-state index contributed by atoms with van der Waals surface area (Å²) in [6.45, 7) is 5.34. The number of carbonyl (C=O) groups is 2. The van der Waals surface area contributed by atoms with Crippen LogP contribution in [-0.2, 0) is 4.79 Å². The van der Waals surface area contributed by atoms with Crippen LogP contribution < -0.4 is 10.6 Å². The van der Waals surface area contributed by atoms with E-state index in [1.807, 2.05) is 13.8 Å². The van der Waals surface area contributed by atoms with Gasteiger partial charge in [-0.15, -0.1) is 11.3 Å². The van der Waals surface area contributed by atoms with Gasteiger partial charge in [0.15, 0.2) is 0 Å². The van der Waals surface area contributed by atoms with Crippen molar-refractivity contribution in [2.45, 2.75) is 26.8 Å². The summed E-state index contributed by atoms with van der Waals surface area (Å²) in [5, 5.41) is 5.92. The van der Waals surface area contributed by atoms with Crippen LogP contribution in [0.5, 0.6) is 0 Å². The molecule has 2 aromatic rings. The summed E-state index contributed by atoms with van der Waals surface area (Å²) >= 11 is 1.21. The molecule has 122 valence electrons. The van der Waals surface area contributed by atoms with Crippen LogP contribution in [0, 0.1) is 12.7 Å². The molecule has 0 saturated carbocycles. The summed E-state index contributed by atoms with van der Waals surface area (Å²) < 4.78 is 13.0. The summed E-state index contributed by atoms with van der Waals surface area (Å²) in [6, 6.07) is 5.95. The van der Waals surface area contributed by atoms with E-state index in [0.717, 1.165) is 5.56 Å². The predicted molar refractivity (Wildman–Crippen MR) is 87.9 cm³/mol. The second-order valence-corrected chi connectivity index (χ2v) is 6.34. The lowest BCUT2D eigenvalue weighted by atomic mass is 10.2. The molecule has 23 heavy (non-hydrogen) atoms. The van der Waals surface area contributed by atoms with Crippen molar-refractivity contribution in [2.75, 3.05) is 6.54 Å². The van der Waals surface area contributed by atoms with E-state index in [1.165, 1.54) is 23.5 Å². The lowest BCUT2D eigenvalue weighted by Crippen LogP contribution is -2.39. The van der Waals surface area contributed by atoms with Gasteiger partial charge < -0.3 is 10.6 Å². The van der Waals surface area contributed by atoms with E-state index in [-0.39, 0.29) is 30.2 Å². The molecule has 2 N–H and O–H groups in total. The van der Waals surface area contributed by atoms with Crippen molar-refractivity contribution in [3.05, 3.63) is 40.7 Å². The van der Waals surface area contributed by atoms with Crippen LogP contribution in [0.3, 0.4) is 0 Å². The molecule has 0 bridgehead atoms. The molecule has 0 aliphatic heterocycles. The number of hydrogen-bond acceptors (Lipinski definition) is 4. The van der Waals surface area contributed by atoms with Crippen molar-refractivity contribution < 1.29 is 14.0 Å². The first-order chi connectivity index (χ1) is 10.9. The van der Waals surface area contributed by atoms with Gasteiger partial charge in [0.1, 0.15) is 15.7 Å². The van der Waals surface area contributed by atoms with E-state index in [4.69, 9.17) is 0 Å². The number of aryl methyl sites for hydroxylation is 1. The van der Waals surface area contributed by atoms with Crippen LogP contribution in [0.4, 0.5) is 4.39 Å². The van der Waals surface area contributed by atoms with Crippen LogP contribution in [0.15, 0.2) is 24.3 Å². The number of hydrogen-bond donors (Lipinski definition) is 2. The zero-order valence-electron chi connectivity index (χ0n) is 13.1. The number of aromatic nitrogens is 1. The molecule has 1 aromatic carbocycles. The second-order valence-electron chi connectivity index (χ2n) is 5.35. The molecule has 0 unspecified atom stereocenters. The lowest BCUT2D eigenvalue weighted by Gasteiger charge is -2.08. The topological polar surface area (TPSA) is 71.1 Å². The highest BCUT2D eigenvalue weighted by Gasteiger charge is 2.17. The summed E-state index contributed by atoms with van der Waals surface area (Å²) in [5.74, 6) is -0.905. The van der Waals surface area contributed by atoms with Gasteiger partial charge in [0.05, 0.1) is 12.2 Å². The first kappa shape index (κ1) is 17.1. The SMILES string of the molecule is Cc1nc(-c2ccc(F)cc2)sc1C(=O)NCC(=O)NC(C)C. The Kier molecular flexibility index (Phi) is 5.44. The standard InChI is InChI=1S/C16H18FN3O2S/c1-9(2)19-13(21)8-18-15(22)14-10(3)20-16(23-14)11-4-6-12(17)7-5-11/h4-7,9H,8H2,1-3H3,(H,18,22)(H,19,21). The zero-order chi connectivity index (χ0) is 17.0. The molecule has 1 heterocycles. The quantitative estimate of drug-likeness (QED) is 0.882. The van der Waals surface area contributed by atoms with Crippen LogP contribution in [-0.4, -0.2) is 29.4 Å². The minimum Gasteiger partial charge on any atom is -0.352 e. The Morgan fingerprint density at radius 1 is 1.26 bits per heavy atom. The minimum atomic E-state index is -0.340. The fourth-order valence-electron chi connectivity index (χ4n) is 1.94. The molecular weight excluding hydrogens is 317 g/mol. The van der Waals surface area contributed by atoms with Gasteiger partial charge in [0.2, 0.25) is 5.91 Å². The zero-order valence-corrected chi connectivity index (χ0v) is 14.0. The van der Waals surface area contributed by atoms with Gasteiger partial charge in [0, 0.05) is 11.6 Å².